The van der Waals surface area contributed by atoms with Crippen LogP contribution in [-0.2, 0) is 9.53 Å². The predicted octanol–water partition coefficient (Wildman–Crippen LogP) is 2.99. The number of rotatable bonds is 5. The fourth-order valence-corrected chi connectivity index (χ4v) is 3.20. The third kappa shape index (κ3) is 5.80. The summed E-state index contributed by atoms with van der Waals surface area (Å²) in [6.45, 7) is 2.01. The summed E-state index contributed by atoms with van der Waals surface area (Å²) in [7, 11) is 0. The van der Waals surface area contributed by atoms with E-state index in [0.29, 0.717) is 25.0 Å². The molecule has 1 saturated carbocycles. The van der Waals surface area contributed by atoms with Crippen molar-refractivity contribution >= 4 is 24.8 Å². The summed E-state index contributed by atoms with van der Waals surface area (Å²) in [5, 5.41) is 0. The van der Waals surface area contributed by atoms with Gasteiger partial charge < -0.3 is 14.2 Å². The average molecular weight is 326 g/mol. The Morgan fingerprint density at radius 1 is 1.12 bits per heavy atom. The second-order valence-electron chi connectivity index (χ2n) is 6.45. The van der Waals surface area contributed by atoms with Crippen molar-refractivity contribution in [2.75, 3.05) is 19.8 Å². The van der Waals surface area contributed by atoms with Crippen molar-refractivity contribution < 1.29 is 19.0 Å². The first-order valence-corrected chi connectivity index (χ1v) is 8.69. The molecule has 0 N–H and O–H groups in total. The molecule has 1 aliphatic carbocycles. The summed E-state index contributed by atoms with van der Waals surface area (Å²) in [6.07, 6.45) is 9.58. The SMILES string of the molecule is O=C(Oc1ccc(OCC2CCCCC2)cn1)C1CCOCC1.[Li]. The Balaban J connectivity index is 0.00000208. The molecule has 5 nitrogen and oxygen atoms in total. The average Bonchev–Trinajstić information content (AvgIpc) is 2.63. The van der Waals surface area contributed by atoms with Crippen LogP contribution in [0.2, 0.25) is 0 Å². The van der Waals surface area contributed by atoms with Crippen LogP contribution in [0.3, 0.4) is 0 Å². The molecule has 3 rings (SSSR count). The zero-order valence-corrected chi connectivity index (χ0v) is 14.5. The molecule has 1 saturated heterocycles. The van der Waals surface area contributed by atoms with Gasteiger partial charge in [-0.25, -0.2) is 4.98 Å². The molecule has 1 aliphatic heterocycles. The van der Waals surface area contributed by atoms with Crippen LogP contribution in [0.25, 0.3) is 0 Å². The number of pyridine rings is 1. The molecule has 2 fully saturated rings. The topological polar surface area (TPSA) is 57.7 Å². The third-order valence-corrected chi connectivity index (χ3v) is 4.68. The van der Waals surface area contributed by atoms with Crippen molar-refractivity contribution in [3.05, 3.63) is 18.3 Å². The molecule has 1 aromatic heterocycles. The molecule has 24 heavy (non-hydrogen) atoms. The van der Waals surface area contributed by atoms with Crippen molar-refractivity contribution in [3.8, 4) is 11.6 Å². The molecule has 0 aromatic carbocycles. The van der Waals surface area contributed by atoms with Crippen LogP contribution in [0.4, 0.5) is 0 Å². The summed E-state index contributed by atoms with van der Waals surface area (Å²) in [5.41, 5.74) is 0. The molecule has 0 amide bonds. The zero-order chi connectivity index (χ0) is 15.9. The van der Waals surface area contributed by atoms with Crippen LogP contribution in [0.1, 0.15) is 44.9 Å². The molecule has 2 heterocycles. The Morgan fingerprint density at radius 3 is 2.54 bits per heavy atom. The van der Waals surface area contributed by atoms with Gasteiger partial charge >= 0.3 is 5.97 Å². The molecule has 1 aromatic rings. The van der Waals surface area contributed by atoms with Gasteiger partial charge in [-0.1, -0.05) is 19.3 Å². The number of carbonyl (C=O) groups excluding carboxylic acids is 1. The molecular weight excluding hydrogens is 301 g/mol. The van der Waals surface area contributed by atoms with Gasteiger partial charge in [-0.15, -0.1) is 0 Å². The monoisotopic (exact) mass is 326 g/mol. The van der Waals surface area contributed by atoms with E-state index in [4.69, 9.17) is 14.2 Å². The summed E-state index contributed by atoms with van der Waals surface area (Å²) in [5.74, 6) is 1.45. The van der Waals surface area contributed by atoms with Crippen molar-refractivity contribution in [3.63, 3.8) is 0 Å². The fourth-order valence-electron chi connectivity index (χ4n) is 3.20. The number of esters is 1. The Hall–Kier alpha value is -1.02. The second kappa shape index (κ2) is 10.1. The van der Waals surface area contributed by atoms with E-state index < -0.39 is 0 Å². The number of carbonyl (C=O) groups is 1. The van der Waals surface area contributed by atoms with E-state index in [-0.39, 0.29) is 30.7 Å². The summed E-state index contributed by atoms with van der Waals surface area (Å²) in [4.78, 5) is 16.2. The summed E-state index contributed by atoms with van der Waals surface area (Å²) < 4.78 is 16.4. The normalized spacial score (nSPS) is 19.3. The van der Waals surface area contributed by atoms with Gasteiger partial charge in [0.2, 0.25) is 5.88 Å². The van der Waals surface area contributed by atoms with Crippen molar-refractivity contribution in [1.29, 1.82) is 0 Å². The minimum Gasteiger partial charge on any atom is -0.492 e. The molecule has 6 heteroatoms. The van der Waals surface area contributed by atoms with Crippen molar-refractivity contribution in [2.45, 2.75) is 44.9 Å². The van der Waals surface area contributed by atoms with Crippen LogP contribution in [0.5, 0.6) is 11.6 Å². The molecule has 0 bridgehead atoms. The number of nitrogens with zero attached hydrogens (tertiary/aromatic N) is 1. The predicted molar refractivity (Wildman–Crippen MR) is 91.2 cm³/mol. The molecular formula is C18H25LiNO4. The van der Waals surface area contributed by atoms with Gasteiger partial charge in [0.1, 0.15) is 5.75 Å². The standard InChI is InChI=1S/C18H25NO4.Li/c20-18(15-8-10-21-11-9-15)23-17-7-6-16(12-19-17)22-13-14-4-2-1-3-5-14;/h6-7,12,14-15H,1-5,8-11,13H2;. The second-order valence-corrected chi connectivity index (χ2v) is 6.45. The van der Waals surface area contributed by atoms with Crippen LogP contribution in [0, 0.1) is 11.8 Å². The molecule has 2 aliphatic rings. The van der Waals surface area contributed by atoms with E-state index in [2.05, 4.69) is 4.98 Å². The Morgan fingerprint density at radius 2 is 1.88 bits per heavy atom. The van der Waals surface area contributed by atoms with E-state index in [1.807, 2.05) is 6.07 Å². The van der Waals surface area contributed by atoms with E-state index in [1.54, 1.807) is 12.3 Å². The van der Waals surface area contributed by atoms with E-state index in [1.165, 1.54) is 32.1 Å². The number of aromatic nitrogens is 1. The molecule has 127 valence electrons. The van der Waals surface area contributed by atoms with Gasteiger partial charge in [-0.05, 0) is 37.7 Å². The van der Waals surface area contributed by atoms with Gasteiger partial charge in [-0.3, -0.25) is 4.79 Å². The quantitative estimate of drug-likeness (QED) is 0.615. The molecule has 0 unspecified atom stereocenters. The first-order valence-electron chi connectivity index (χ1n) is 8.69. The first kappa shape index (κ1) is 19.3. The number of hydrogen-bond acceptors (Lipinski definition) is 5. The van der Waals surface area contributed by atoms with Crippen LogP contribution >= 0.6 is 0 Å². The van der Waals surface area contributed by atoms with E-state index >= 15 is 0 Å². The van der Waals surface area contributed by atoms with Gasteiger partial charge in [-0.2, -0.15) is 0 Å². The summed E-state index contributed by atoms with van der Waals surface area (Å²) >= 11 is 0. The maximum atomic E-state index is 12.0. The van der Waals surface area contributed by atoms with Gasteiger partial charge in [0.05, 0.1) is 18.7 Å². The number of ether oxygens (including phenoxy) is 3. The Kier molecular flexibility index (Phi) is 8.11. The molecule has 0 spiro atoms. The van der Waals surface area contributed by atoms with E-state index in [0.717, 1.165) is 25.2 Å². The van der Waals surface area contributed by atoms with Gasteiger partial charge in [0.15, 0.2) is 0 Å². The largest absolute Gasteiger partial charge is 0.492 e. The van der Waals surface area contributed by atoms with Crippen molar-refractivity contribution in [2.24, 2.45) is 11.8 Å². The van der Waals surface area contributed by atoms with Crippen LogP contribution in [-0.4, -0.2) is 49.6 Å². The van der Waals surface area contributed by atoms with Gasteiger partial charge in [0.25, 0.3) is 0 Å². The Labute approximate surface area is 155 Å². The minimum atomic E-state index is -0.211. The maximum absolute atomic E-state index is 12.0. The fraction of sp³-hybridized carbons (Fsp3) is 0.667. The Bertz CT molecular complexity index is 496. The first-order chi connectivity index (χ1) is 11.3. The summed E-state index contributed by atoms with van der Waals surface area (Å²) in [6, 6.07) is 3.52. The van der Waals surface area contributed by atoms with Gasteiger partial charge in [0, 0.05) is 38.1 Å². The zero-order valence-electron chi connectivity index (χ0n) is 14.5. The van der Waals surface area contributed by atoms with E-state index in [9.17, 15) is 4.79 Å². The molecule has 1 radical (unpaired) electrons. The van der Waals surface area contributed by atoms with Crippen LogP contribution < -0.4 is 9.47 Å². The van der Waals surface area contributed by atoms with Crippen LogP contribution in [0.15, 0.2) is 18.3 Å². The van der Waals surface area contributed by atoms with Crippen molar-refractivity contribution in [1.82, 2.24) is 4.98 Å². The molecule has 0 atom stereocenters. The minimum absolute atomic E-state index is 0. The third-order valence-electron chi connectivity index (χ3n) is 4.68. The maximum Gasteiger partial charge on any atom is 0.315 e. The number of hydrogen-bond donors (Lipinski definition) is 0. The smallest absolute Gasteiger partial charge is 0.315 e.